The lowest BCUT2D eigenvalue weighted by Gasteiger charge is -2.41. The second kappa shape index (κ2) is 19.1. The number of likely N-dealkylation sites (tertiary alicyclic amines) is 2. The van der Waals surface area contributed by atoms with E-state index < -0.39 is 23.5 Å². The molecule has 0 bridgehead atoms. The van der Waals surface area contributed by atoms with Gasteiger partial charge < -0.3 is 29.5 Å². The SMILES string of the molecule is Cc1ncsc1-c1ccc([C@H](C)NC(=O)[C@@H]2C[C@@H](O)CN2C(=O)[C@@H](c2cc(OCC3CCC(N4CCC(c5cccc6c5C(C)(C)c5nc(=O)c7c(Cl)cccc7n5-6)CC4)CC3)no2)C(C)C)cc1. The van der Waals surface area contributed by atoms with Crippen LogP contribution < -0.4 is 15.6 Å². The van der Waals surface area contributed by atoms with Gasteiger partial charge in [-0.1, -0.05) is 67.9 Å². The number of rotatable bonds is 12. The van der Waals surface area contributed by atoms with Gasteiger partial charge in [0.1, 0.15) is 17.8 Å². The minimum Gasteiger partial charge on any atom is -0.475 e. The van der Waals surface area contributed by atoms with Gasteiger partial charge in [-0.2, -0.15) is 4.98 Å². The van der Waals surface area contributed by atoms with Crippen LogP contribution in [0.25, 0.3) is 27.0 Å². The van der Waals surface area contributed by atoms with E-state index in [1.54, 1.807) is 23.5 Å². The highest BCUT2D eigenvalue weighted by Gasteiger charge is 2.45. The Kier molecular flexibility index (Phi) is 13.1. The van der Waals surface area contributed by atoms with E-state index in [0.29, 0.717) is 46.5 Å². The number of carbonyl (C=O) groups is 2. The molecule has 69 heavy (non-hydrogen) atoms. The average molecular weight is 973 g/mol. The fourth-order valence-electron chi connectivity index (χ4n) is 11.8. The number of β-amino-alcohol motifs (C(OH)–C–C–N with tert-alkyl or cyclic N) is 1. The molecule has 3 aromatic carbocycles. The standard InChI is InChI=1S/C54H62ClN7O6S/c1-30(2)46(52(66)61-27-38(63)25-43(61)50(64)57-31(3)34-15-17-36(18-16-34)49-32(4)56-29-69-49)44-26-45(59-68-44)67-28-33-13-19-37(20-14-33)60-23-21-35(22-24-60)39-9-7-12-42-48(39)54(5,6)53-58-51(65)47-40(55)10-8-11-41(47)62(42)53/h7-12,15-18,26,29-31,33,35,37-38,43,46,63H,13-14,19-25,27-28H2,1-6H3,(H,57,64)/t31-,33?,37?,38+,43-,46+/m0/s1. The number of nitrogens with one attached hydrogen (secondary N) is 1. The molecule has 4 aliphatic rings. The molecule has 0 radical (unpaired) electrons. The first kappa shape index (κ1) is 47.3. The van der Waals surface area contributed by atoms with Gasteiger partial charge in [0.2, 0.25) is 11.8 Å². The zero-order chi connectivity index (χ0) is 48.3. The molecule has 1 aliphatic carbocycles. The monoisotopic (exact) mass is 971 g/mol. The first-order valence-electron chi connectivity index (χ1n) is 24.7. The summed E-state index contributed by atoms with van der Waals surface area (Å²) in [5.41, 5.74) is 8.64. The predicted molar refractivity (Wildman–Crippen MR) is 268 cm³/mol. The van der Waals surface area contributed by atoms with Crippen LogP contribution in [0.1, 0.15) is 131 Å². The molecule has 0 unspecified atom stereocenters. The number of amides is 2. The first-order chi connectivity index (χ1) is 33.2. The number of fused-ring (bicyclic) bond motifs is 5. The van der Waals surface area contributed by atoms with E-state index in [0.717, 1.165) is 90.3 Å². The molecule has 1 saturated carbocycles. The van der Waals surface area contributed by atoms with Crippen molar-refractivity contribution in [3.05, 3.63) is 122 Å². The maximum absolute atomic E-state index is 14.3. The van der Waals surface area contributed by atoms with Gasteiger partial charge in [0.15, 0.2) is 5.76 Å². The lowest BCUT2D eigenvalue weighted by molar-refractivity contribution is -0.141. The zero-order valence-electron chi connectivity index (χ0n) is 40.3. The topological polar surface area (TPSA) is 156 Å². The van der Waals surface area contributed by atoms with E-state index in [1.165, 1.54) is 16.0 Å². The van der Waals surface area contributed by atoms with Crippen molar-refractivity contribution in [1.29, 1.82) is 0 Å². The van der Waals surface area contributed by atoms with Crippen LogP contribution in [0.2, 0.25) is 5.02 Å². The van der Waals surface area contributed by atoms with Crippen LogP contribution in [0.15, 0.2) is 81.6 Å². The number of aromatic nitrogens is 4. The van der Waals surface area contributed by atoms with Gasteiger partial charge in [0.25, 0.3) is 11.4 Å². The summed E-state index contributed by atoms with van der Waals surface area (Å²) in [4.78, 5) is 55.6. The Morgan fingerprint density at radius 1 is 1.00 bits per heavy atom. The van der Waals surface area contributed by atoms with Gasteiger partial charge in [-0.3, -0.25) is 19.0 Å². The van der Waals surface area contributed by atoms with Crippen molar-refractivity contribution in [3.63, 3.8) is 0 Å². The summed E-state index contributed by atoms with van der Waals surface area (Å²) in [7, 11) is 0. The molecular formula is C54H62ClN7O6S. The Bertz CT molecular complexity index is 2930. The zero-order valence-corrected chi connectivity index (χ0v) is 41.9. The van der Waals surface area contributed by atoms with Crippen LogP contribution in [-0.4, -0.2) is 90.8 Å². The normalized spacial score (nSPS) is 22.4. The fraction of sp³-hybridized carbons (Fsp3) is 0.481. The van der Waals surface area contributed by atoms with E-state index in [4.69, 9.17) is 20.9 Å². The van der Waals surface area contributed by atoms with Crippen LogP contribution >= 0.6 is 22.9 Å². The minimum atomic E-state index is -0.819. The van der Waals surface area contributed by atoms with Crippen LogP contribution in [-0.2, 0) is 15.0 Å². The molecule has 362 valence electrons. The number of aliphatic hydroxyl groups excluding tert-OH is 1. The van der Waals surface area contributed by atoms with Gasteiger partial charge in [0, 0.05) is 25.1 Å². The second-order valence-corrected chi connectivity index (χ2v) is 21.9. The molecule has 3 fully saturated rings. The molecule has 13 nitrogen and oxygen atoms in total. The summed E-state index contributed by atoms with van der Waals surface area (Å²) in [5, 5.41) is 19.0. The number of hydrogen-bond donors (Lipinski definition) is 2. The highest BCUT2D eigenvalue weighted by molar-refractivity contribution is 7.13. The van der Waals surface area contributed by atoms with Crippen LogP contribution in [0, 0.1) is 18.8 Å². The van der Waals surface area contributed by atoms with Crippen molar-refractivity contribution in [2.24, 2.45) is 11.8 Å². The minimum absolute atomic E-state index is 0.0638. The molecule has 6 aromatic rings. The molecule has 10 rings (SSSR count). The number of hydrogen-bond acceptors (Lipinski definition) is 11. The van der Waals surface area contributed by atoms with Gasteiger partial charge in [-0.05, 0) is 143 Å². The Morgan fingerprint density at radius 3 is 2.45 bits per heavy atom. The Balaban J connectivity index is 0.718. The van der Waals surface area contributed by atoms with Crippen LogP contribution in [0.5, 0.6) is 5.88 Å². The summed E-state index contributed by atoms with van der Waals surface area (Å²) in [6.07, 6.45) is 5.83. The molecule has 3 aliphatic heterocycles. The summed E-state index contributed by atoms with van der Waals surface area (Å²) < 4.78 is 14.2. The Morgan fingerprint density at radius 2 is 1.74 bits per heavy atom. The molecular weight excluding hydrogens is 910 g/mol. The third kappa shape index (κ3) is 8.91. The molecule has 2 amide bonds. The van der Waals surface area contributed by atoms with Crippen molar-refractivity contribution < 1.29 is 24.0 Å². The van der Waals surface area contributed by atoms with Gasteiger partial charge in [-0.15, -0.1) is 11.3 Å². The quantitative estimate of drug-likeness (QED) is 0.121. The Hall–Kier alpha value is -5.41. The molecule has 4 atom stereocenters. The first-order valence-corrected chi connectivity index (χ1v) is 25.9. The number of aliphatic hydroxyl groups is 1. The predicted octanol–water partition coefficient (Wildman–Crippen LogP) is 9.49. The van der Waals surface area contributed by atoms with Crippen molar-refractivity contribution in [2.45, 2.75) is 128 Å². The molecule has 3 aromatic heterocycles. The number of halogens is 1. The van der Waals surface area contributed by atoms with E-state index in [9.17, 15) is 19.5 Å². The van der Waals surface area contributed by atoms with Crippen LogP contribution in [0.4, 0.5) is 0 Å². The molecule has 6 heterocycles. The second-order valence-electron chi connectivity index (χ2n) is 20.7. The fourth-order valence-corrected chi connectivity index (χ4v) is 12.9. The largest absolute Gasteiger partial charge is 0.475 e. The molecule has 2 saturated heterocycles. The summed E-state index contributed by atoms with van der Waals surface area (Å²) in [6, 6.07) is 21.4. The van der Waals surface area contributed by atoms with Crippen molar-refractivity contribution in [1.82, 2.24) is 34.8 Å². The molecule has 15 heteroatoms. The highest BCUT2D eigenvalue weighted by atomic mass is 35.5. The number of ether oxygens (including phenoxy) is 1. The summed E-state index contributed by atoms with van der Waals surface area (Å²) in [6.45, 7) is 14.9. The van der Waals surface area contributed by atoms with E-state index in [2.05, 4.69) is 62.0 Å². The van der Waals surface area contributed by atoms with Gasteiger partial charge in [0.05, 0.1) is 61.9 Å². The average Bonchev–Trinajstić information content (AvgIpc) is 4.14. The number of thiazole rings is 1. The molecule has 0 spiro atoms. The number of aryl methyl sites for hydroxylation is 1. The summed E-state index contributed by atoms with van der Waals surface area (Å²) >= 11 is 8.13. The van der Waals surface area contributed by atoms with E-state index in [-0.39, 0.29) is 42.3 Å². The van der Waals surface area contributed by atoms with Crippen molar-refractivity contribution in [3.8, 4) is 22.0 Å². The maximum atomic E-state index is 14.3. The summed E-state index contributed by atoms with van der Waals surface area (Å²) in [5.74, 6) is 0.866. The maximum Gasteiger partial charge on any atom is 0.282 e. The number of benzene rings is 3. The van der Waals surface area contributed by atoms with Crippen molar-refractivity contribution in [2.75, 3.05) is 26.2 Å². The van der Waals surface area contributed by atoms with Gasteiger partial charge in [-0.25, -0.2) is 4.98 Å². The number of nitrogens with zero attached hydrogens (tertiary/aromatic N) is 6. The van der Waals surface area contributed by atoms with Gasteiger partial charge >= 0.3 is 0 Å². The highest BCUT2D eigenvalue weighted by Crippen LogP contribution is 2.48. The van der Waals surface area contributed by atoms with E-state index >= 15 is 0 Å². The Labute approximate surface area is 412 Å². The lowest BCUT2D eigenvalue weighted by Crippen LogP contribution is -2.48. The van der Waals surface area contributed by atoms with Crippen molar-refractivity contribution >= 4 is 45.7 Å². The third-order valence-corrected chi connectivity index (χ3v) is 16.8. The lowest BCUT2D eigenvalue weighted by atomic mass is 9.76. The smallest absolute Gasteiger partial charge is 0.282 e. The van der Waals surface area contributed by atoms with Crippen LogP contribution in [0.3, 0.4) is 0 Å². The number of piperidine rings is 1. The molecule has 2 N–H and O–H groups in total. The van der Waals surface area contributed by atoms with E-state index in [1.807, 2.05) is 69.6 Å². The third-order valence-electron chi connectivity index (χ3n) is 15.5. The number of carbonyl (C=O) groups excluding carboxylic acids is 2.